The van der Waals surface area contributed by atoms with Crippen LogP contribution in [0.1, 0.15) is 26.2 Å². The number of nitrogens with one attached hydrogen (secondary N) is 1. The van der Waals surface area contributed by atoms with Gasteiger partial charge >= 0.3 is 0 Å². The first-order chi connectivity index (χ1) is 7.08. The number of rotatable bonds is 6. The summed E-state index contributed by atoms with van der Waals surface area (Å²) in [5.74, 6) is 0. The lowest BCUT2D eigenvalue weighted by atomic mass is 10.3. The topological polar surface area (TPSA) is 46.2 Å². The number of unbranched alkanes of at least 4 members (excludes halogenated alkanes) is 2. The van der Waals surface area contributed by atoms with E-state index in [1.165, 1.54) is 11.3 Å². The molecule has 0 aliphatic rings. The van der Waals surface area contributed by atoms with E-state index in [-0.39, 0.29) is 0 Å². The molecule has 1 N–H and O–H groups in total. The van der Waals surface area contributed by atoms with E-state index in [0.717, 1.165) is 19.3 Å². The summed E-state index contributed by atoms with van der Waals surface area (Å²) in [5.41, 5.74) is 0. The fourth-order valence-corrected chi connectivity index (χ4v) is 4.57. The molecule has 0 radical (unpaired) electrons. The van der Waals surface area contributed by atoms with Gasteiger partial charge in [0.05, 0.1) is 0 Å². The molecule has 0 aromatic carbocycles. The van der Waals surface area contributed by atoms with Crippen LogP contribution in [-0.2, 0) is 10.0 Å². The minimum Gasteiger partial charge on any atom is -0.210 e. The molecule has 0 saturated heterocycles. The average Bonchev–Trinajstić information content (AvgIpc) is 2.60. The van der Waals surface area contributed by atoms with Crippen molar-refractivity contribution in [2.75, 3.05) is 6.54 Å². The Bertz CT molecular complexity index is 400. The number of hydrogen-bond acceptors (Lipinski definition) is 3. The Kier molecular flexibility index (Phi) is 5.25. The van der Waals surface area contributed by atoms with Crippen molar-refractivity contribution in [3.8, 4) is 0 Å². The predicted molar refractivity (Wildman–Crippen MR) is 66.7 cm³/mol. The third-order valence-corrected chi connectivity index (χ3v) is 6.03. The molecule has 1 aromatic heterocycles. The smallest absolute Gasteiger partial charge is 0.210 e. The van der Waals surface area contributed by atoms with E-state index in [2.05, 4.69) is 27.6 Å². The van der Waals surface area contributed by atoms with E-state index in [0.29, 0.717) is 15.2 Å². The second-order valence-electron chi connectivity index (χ2n) is 3.16. The highest BCUT2D eigenvalue weighted by Gasteiger charge is 2.17. The number of hydrogen-bond donors (Lipinski definition) is 1. The van der Waals surface area contributed by atoms with Gasteiger partial charge in [-0.3, -0.25) is 0 Å². The highest BCUT2D eigenvalue weighted by atomic mass is 79.9. The Morgan fingerprint density at radius 1 is 1.47 bits per heavy atom. The van der Waals surface area contributed by atoms with Crippen molar-refractivity contribution in [3.05, 3.63) is 15.9 Å². The highest BCUT2D eigenvalue weighted by molar-refractivity contribution is 9.10. The van der Waals surface area contributed by atoms with Crippen LogP contribution in [0.25, 0.3) is 0 Å². The van der Waals surface area contributed by atoms with Crippen LogP contribution >= 0.6 is 27.3 Å². The summed E-state index contributed by atoms with van der Waals surface area (Å²) < 4.78 is 27.1. The maximum atomic E-state index is 11.7. The molecule has 1 rings (SSSR count). The summed E-state index contributed by atoms with van der Waals surface area (Å²) in [5, 5.41) is 1.75. The molecule has 0 amide bonds. The molecule has 0 aliphatic carbocycles. The van der Waals surface area contributed by atoms with Crippen molar-refractivity contribution in [1.82, 2.24) is 4.72 Å². The Hall–Kier alpha value is 0.0900. The molecule has 0 bridgehead atoms. The summed E-state index contributed by atoms with van der Waals surface area (Å²) in [4.78, 5) is 0. The molecule has 1 aromatic rings. The van der Waals surface area contributed by atoms with Crippen molar-refractivity contribution in [2.45, 2.75) is 30.4 Å². The summed E-state index contributed by atoms with van der Waals surface area (Å²) in [6.45, 7) is 2.60. The van der Waals surface area contributed by atoms with Crippen LogP contribution < -0.4 is 4.72 Å². The van der Waals surface area contributed by atoms with E-state index in [1.807, 2.05) is 0 Å². The maximum absolute atomic E-state index is 11.7. The Morgan fingerprint density at radius 2 is 2.20 bits per heavy atom. The van der Waals surface area contributed by atoms with Gasteiger partial charge in [-0.05, 0) is 33.8 Å². The fraction of sp³-hybridized carbons (Fsp3) is 0.556. The number of sulfonamides is 1. The largest absolute Gasteiger partial charge is 0.251 e. The van der Waals surface area contributed by atoms with Gasteiger partial charge < -0.3 is 0 Å². The minimum absolute atomic E-state index is 0.360. The van der Waals surface area contributed by atoms with Gasteiger partial charge in [0.15, 0.2) is 0 Å². The Labute approximate surface area is 103 Å². The van der Waals surface area contributed by atoms with Crippen molar-refractivity contribution in [3.63, 3.8) is 0 Å². The first kappa shape index (κ1) is 13.2. The van der Waals surface area contributed by atoms with Gasteiger partial charge in [-0.25, -0.2) is 13.1 Å². The van der Waals surface area contributed by atoms with Crippen LogP contribution in [-0.4, -0.2) is 15.0 Å². The number of halogens is 1. The summed E-state index contributed by atoms with van der Waals surface area (Å²) in [6.07, 6.45) is 3.03. The van der Waals surface area contributed by atoms with Crippen LogP contribution in [0, 0.1) is 0 Å². The molecule has 6 heteroatoms. The second-order valence-corrected chi connectivity index (χ2v) is 6.89. The summed E-state index contributed by atoms with van der Waals surface area (Å²) in [7, 11) is -3.31. The van der Waals surface area contributed by atoms with Crippen molar-refractivity contribution in [1.29, 1.82) is 0 Å². The van der Waals surface area contributed by atoms with E-state index in [4.69, 9.17) is 0 Å². The van der Waals surface area contributed by atoms with E-state index in [1.54, 1.807) is 11.4 Å². The summed E-state index contributed by atoms with van der Waals surface area (Å²) >= 11 is 4.44. The van der Waals surface area contributed by atoms with Crippen LogP contribution in [0.4, 0.5) is 0 Å². The van der Waals surface area contributed by atoms with Gasteiger partial charge in [0.2, 0.25) is 0 Å². The zero-order valence-electron chi connectivity index (χ0n) is 8.49. The van der Waals surface area contributed by atoms with Crippen LogP contribution in [0.2, 0.25) is 0 Å². The lowest BCUT2D eigenvalue weighted by Gasteiger charge is -2.04. The Morgan fingerprint density at radius 3 is 2.73 bits per heavy atom. The Balaban J connectivity index is 2.57. The molecule has 0 saturated carbocycles. The first-order valence-electron chi connectivity index (χ1n) is 4.80. The standard InChI is InChI=1S/C9H14BrNO2S2/c1-2-3-4-6-11-15(12,13)9-8(10)5-7-14-9/h5,7,11H,2-4,6H2,1H3. The molecule has 0 fully saturated rings. The number of thiophene rings is 1. The predicted octanol–water partition coefficient (Wildman–Crippen LogP) is 2.98. The minimum atomic E-state index is -3.31. The van der Waals surface area contributed by atoms with Crippen LogP contribution in [0.5, 0.6) is 0 Å². The van der Waals surface area contributed by atoms with Gasteiger partial charge in [0, 0.05) is 11.0 Å². The maximum Gasteiger partial charge on any atom is 0.251 e. The van der Waals surface area contributed by atoms with E-state index in [9.17, 15) is 8.42 Å². The zero-order valence-corrected chi connectivity index (χ0v) is 11.7. The van der Waals surface area contributed by atoms with Crippen molar-refractivity contribution < 1.29 is 8.42 Å². The van der Waals surface area contributed by atoms with Gasteiger partial charge in [0.25, 0.3) is 10.0 Å². The van der Waals surface area contributed by atoms with Crippen LogP contribution in [0.3, 0.4) is 0 Å². The highest BCUT2D eigenvalue weighted by Crippen LogP contribution is 2.27. The molecule has 15 heavy (non-hydrogen) atoms. The normalized spacial score (nSPS) is 11.9. The third-order valence-electron chi connectivity index (χ3n) is 1.90. The SMILES string of the molecule is CCCCCNS(=O)(=O)c1sccc1Br. The third kappa shape index (κ3) is 3.86. The fourth-order valence-electron chi connectivity index (χ4n) is 1.12. The molecule has 0 spiro atoms. The first-order valence-corrected chi connectivity index (χ1v) is 7.96. The van der Waals surface area contributed by atoms with Crippen molar-refractivity contribution in [2.24, 2.45) is 0 Å². The van der Waals surface area contributed by atoms with Crippen molar-refractivity contribution >= 4 is 37.3 Å². The molecule has 3 nitrogen and oxygen atoms in total. The average molecular weight is 312 g/mol. The zero-order chi connectivity index (χ0) is 11.3. The molecule has 1 heterocycles. The molecule has 0 atom stereocenters. The van der Waals surface area contributed by atoms with Gasteiger partial charge in [-0.15, -0.1) is 11.3 Å². The quantitative estimate of drug-likeness (QED) is 0.821. The second kappa shape index (κ2) is 5.98. The van der Waals surface area contributed by atoms with E-state index < -0.39 is 10.0 Å². The monoisotopic (exact) mass is 311 g/mol. The lowest BCUT2D eigenvalue weighted by Crippen LogP contribution is -2.24. The summed E-state index contributed by atoms with van der Waals surface area (Å²) in [6, 6.07) is 1.74. The lowest BCUT2D eigenvalue weighted by molar-refractivity contribution is 0.577. The van der Waals surface area contributed by atoms with E-state index >= 15 is 0 Å². The van der Waals surface area contributed by atoms with Gasteiger partial charge in [0.1, 0.15) is 4.21 Å². The molecular formula is C9H14BrNO2S2. The molecule has 0 aliphatic heterocycles. The van der Waals surface area contributed by atoms with Gasteiger partial charge in [-0.2, -0.15) is 0 Å². The van der Waals surface area contributed by atoms with Crippen LogP contribution in [0.15, 0.2) is 20.1 Å². The van der Waals surface area contributed by atoms with Gasteiger partial charge in [-0.1, -0.05) is 19.8 Å². The molecular weight excluding hydrogens is 298 g/mol. The molecule has 0 unspecified atom stereocenters. The molecule has 86 valence electrons.